The van der Waals surface area contributed by atoms with Crippen LogP contribution >= 0.6 is 0 Å². The van der Waals surface area contributed by atoms with Gasteiger partial charge in [0, 0.05) is 13.0 Å². The molecule has 2 aromatic carbocycles. The van der Waals surface area contributed by atoms with Crippen molar-refractivity contribution in [1.82, 2.24) is 4.90 Å². The van der Waals surface area contributed by atoms with Crippen LogP contribution in [0.1, 0.15) is 48.9 Å². The van der Waals surface area contributed by atoms with E-state index >= 15 is 0 Å². The Morgan fingerprint density at radius 1 is 1.14 bits per heavy atom. The number of carbonyl (C=O) groups excluding carboxylic acids is 1. The SMILES string of the molecule is COc1ccc([C@H]2CCc3cc4c(cc3[C@H]2N(C)C=O)OCO4)cc1OC(C)C. The fourth-order valence-electron chi connectivity index (χ4n) is 4.36. The Balaban J connectivity index is 1.76. The maximum absolute atomic E-state index is 11.8. The molecule has 0 saturated carbocycles. The third-order valence-corrected chi connectivity index (χ3v) is 5.64. The summed E-state index contributed by atoms with van der Waals surface area (Å²) in [4.78, 5) is 13.5. The normalized spacial score (nSPS) is 19.6. The second-order valence-electron chi connectivity index (χ2n) is 7.84. The molecule has 1 aliphatic heterocycles. The van der Waals surface area contributed by atoms with Crippen LogP contribution in [0, 0.1) is 0 Å². The number of nitrogens with zero attached hydrogens (tertiary/aromatic N) is 1. The molecular weight excluding hydrogens is 370 g/mol. The number of ether oxygens (including phenoxy) is 4. The van der Waals surface area contributed by atoms with Crippen LogP contribution in [0.2, 0.25) is 0 Å². The summed E-state index contributed by atoms with van der Waals surface area (Å²) in [6.45, 7) is 4.23. The van der Waals surface area contributed by atoms with Crippen molar-refractivity contribution in [3.8, 4) is 23.0 Å². The van der Waals surface area contributed by atoms with Gasteiger partial charge in [0.1, 0.15) is 0 Å². The van der Waals surface area contributed by atoms with Crippen molar-refractivity contribution >= 4 is 6.41 Å². The average Bonchev–Trinajstić information content (AvgIpc) is 3.17. The van der Waals surface area contributed by atoms with E-state index in [1.807, 2.05) is 39.1 Å². The van der Waals surface area contributed by atoms with Gasteiger partial charge in [0.25, 0.3) is 0 Å². The molecule has 1 amide bonds. The number of carbonyl (C=O) groups is 1. The van der Waals surface area contributed by atoms with Gasteiger partial charge in [0.05, 0.1) is 19.3 Å². The van der Waals surface area contributed by atoms with Crippen molar-refractivity contribution in [2.24, 2.45) is 0 Å². The monoisotopic (exact) mass is 397 g/mol. The predicted molar refractivity (Wildman–Crippen MR) is 109 cm³/mol. The number of amides is 1. The first kappa shape index (κ1) is 19.4. The molecule has 2 aromatic rings. The fraction of sp³-hybridized carbons (Fsp3) is 0.435. The zero-order chi connectivity index (χ0) is 20.5. The van der Waals surface area contributed by atoms with E-state index in [2.05, 4.69) is 12.1 Å². The number of hydrogen-bond acceptors (Lipinski definition) is 5. The van der Waals surface area contributed by atoms with Crippen LogP contribution in [0.3, 0.4) is 0 Å². The Morgan fingerprint density at radius 2 is 1.90 bits per heavy atom. The Morgan fingerprint density at radius 3 is 2.59 bits per heavy atom. The Hall–Kier alpha value is -2.89. The van der Waals surface area contributed by atoms with Gasteiger partial charge in [-0.15, -0.1) is 0 Å². The van der Waals surface area contributed by atoms with Crippen LogP contribution in [0.15, 0.2) is 30.3 Å². The standard InChI is InChI=1S/C23H27NO5/c1-14(2)29-22-10-15(6-8-19(22)26-4)17-7-5-16-9-20-21(28-13-27-20)11-18(16)23(17)24(3)12-25/h6,8-12,14,17,23H,5,7,13H2,1-4H3/t17-,23+/m1/s1. The van der Waals surface area contributed by atoms with Gasteiger partial charge in [-0.1, -0.05) is 6.07 Å². The van der Waals surface area contributed by atoms with Crippen molar-refractivity contribution in [3.05, 3.63) is 47.0 Å². The highest BCUT2D eigenvalue weighted by atomic mass is 16.7. The summed E-state index contributed by atoms with van der Waals surface area (Å²) < 4.78 is 22.6. The minimum absolute atomic E-state index is 0.0411. The molecule has 0 fully saturated rings. The summed E-state index contributed by atoms with van der Waals surface area (Å²) in [6.07, 6.45) is 2.76. The van der Waals surface area contributed by atoms with Gasteiger partial charge in [-0.3, -0.25) is 4.79 Å². The molecule has 0 aromatic heterocycles. The quantitative estimate of drug-likeness (QED) is 0.688. The molecule has 0 spiro atoms. The van der Waals surface area contributed by atoms with Crippen LogP contribution in [-0.4, -0.2) is 38.4 Å². The van der Waals surface area contributed by atoms with Crippen LogP contribution < -0.4 is 18.9 Å². The van der Waals surface area contributed by atoms with Gasteiger partial charge in [-0.25, -0.2) is 0 Å². The maximum Gasteiger partial charge on any atom is 0.231 e. The lowest BCUT2D eigenvalue weighted by molar-refractivity contribution is -0.119. The van der Waals surface area contributed by atoms with Gasteiger partial charge in [0.15, 0.2) is 23.0 Å². The average molecular weight is 397 g/mol. The largest absolute Gasteiger partial charge is 0.493 e. The first-order valence-corrected chi connectivity index (χ1v) is 9.96. The topological polar surface area (TPSA) is 57.2 Å². The molecule has 1 heterocycles. The number of likely N-dealkylation sites (N-methyl/N-ethyl adjacent to an activating group) is 1. The molecule has 0 bridgehead atoms. The molecule has 1 aliphatic carbocycles. The summed E-state index contributed by atoms with van der Waals surface area (Å²) in [5.74, 6) is 3.10. The van der Waals surface area contributed by atoms with E-state index in [9.17, 15) is 4.79 Å². The minimum Gasteiger partial charge on any atom is -0.493 e. The van der Waals surface area contributed by atoms with Gasteiger partial charge >= 0.3 is 0 Å². The highest BCUT2D eigenvalue weighted by molar-refractivity contribution is 5.56. The van der Waals surface area contributed by atoms with Crippen molar-refractivity contribution in [3.63, 3.8) is 0 Å². The molecule has 0 N–H and O–H groups in total. The van der Waals surface area contributed by atoms with Crippen molar-refractivity contribution in [1.29, 1.82) is 0 Å². The fourth-order valence-corrected chi connectivity index (χ4v) is 4.36. The molecule has 2 atom stereocenters. The minimum atomic E-state index is -0.0916. The summed E-state index contributed by atoms with van der Waals surface area (Å²) in [7, 11) is 3.48. The van der Waals surface area contributed by atoms with Crippen LogP contribution in [0.4, 0.5) is 0 Å². The Labute approximate surface area is 171 Å². The molecule has 6 nitrogen and oxygen atoms in total. The van der Waals surface area contributed by atoms with E-state index in [0.717, 1.165) is 47.6 Å². The summed E-state index contributed by atoms with van der Waals surface area (Å²) in [5, 5.41) is 0. The summed E-state index contributed by atoms with van der Waals surface area (Å²) >= 11 is 0. The third-order valence-electron chi connectivity index (χ3n) is 5.64. The zero-order valence-electron chi connectivity index (χ0n) is 17.3. The van der Waals surface area contributed by atoms with E-state index in [-0.39, 0.29) is 24.9 Å². The van der Waals surface area contributed by atoms with Gasteiger partial charge in [-0.2, -0.15) is 0 Å². The Bertz CT molecular complexity index is 910. The third kappa shape index (κ3) is 3.59. The molecular formula is C23H27NO5. The first-order valence-electron chi connectivity index (χ1n) is 9.96. The first-order chi connectivity index (χ1) is 14.0. The van der Waals surface area contributed by atoms with E-state index in [0.29, 0.717) is 5.75 Å². The number of aryl methyl sites for hydroxylation is 1. The van der Waals surface area contributed by atoms with E-state index < -0.39 is 0 Å². The Kier molecular flexibility index (Phi) is 5.26. The van der Waals surface area contributed by atoms with Crippen LogP contribution in [-0.2, 0) is 11.2 Å². The van der Waals surface area contributed by atoms with Crippen LogP contribution in [0.25, 0.3) is 0 Å². The summed E-state index contributed by atoms with van der Waals surface area (Å²) in [6, 6.07) is 10.1. The number of benzene rings is 2. The molecule has 4 rings (SSSR count). The maximum atomic E-state index is 11.8. The lowest BCUT2D eigenvalue weighted by Gasteiger charge is -2.38. The van der Waals surface area contributed by atoms with E-state index in [4.69, 9.17) is 18.9 Å². The molecule has 2 aliphatic rings. The summed E-state index contributed by atoms with van der Waals surface area (Å²) in [5.41, 5.74) is 3.45. The molecule has 0 saturated heterocycles. The van der Waals surface area contributed by atoms with Crippen molar-refractivity contribution in [2.45, 2.75) is 44.8 Å². The lowest BCUT2D eigenvalue weighted by atomic mass is 9.75. The number of hydrogen-bond donors (Lipinski definition) is 0. The lowest BCUT2D eigenvalue weighted by Crippen LogP contribution is -2.32. The molecule has 6 heteroatoms. The second-order valence-corrected chi connectivity index (χ2v) is 7.84. The zero-order valence-corrected chi connectivity index (χ0v) is 17.3. The number of methoxy groups -OCH3 is 1. The highest BCUT2D eigenvalue weighted by Gasteiger charge is 2.35. The molecule has 0 unspecified atom stereocenters. The molecule has 154 valence electrons. The smallest absolute Gasteiger partial charge is 0.231 e. The van der Waals surface area contributed by atoms with Crippen LogP contribution in [0.5, 0.6) is 23.0 Å². The van der Waals surface area contributed by atoms with Gasteiger partial charge in [-0.05, 0) is 67.6 Å². The van der Waals surface area contributed by atoms with Gasteiger partial charge in [0.2, 0.25) is 13.2 Å². The molecule has 29 heavy (non-hydrogen) atoms. The number of rotatable bonds is 6. The van der Waals surface area contributed by atoms with E-state index in [1.165, 1.54) is 5.56 Å². The van der Waals surface area contributed by atoms with Crippen molar-refractivity contribution in [2.75, 3.05) is 21.0 Å². The predicted octanol–water partition coefficient (Wildman–Crippen LogP) is 4.07. The van der Waals surface area contributed by atoms with Gasteiger partial charge < -0.3 is 23.8 Å². The number of fused-ring (bicyclic) bond motifs is 2. The van der Waals surface area contributed by atoms with Crippen molar-refractivity contribution < 1.29 is 23.7 Å². The van der Waals surface area contributed by atoms with E-state index in [1.54, 1.807) is 12.0 Å². The second kappa shape index (κ2) is 7.85. The molecule has 0 radical (unpaired) electrons. The highest BCUT2D eigenvalue weighted by Crippen LogP contribution is 2.48.